The number of rotatable bonds is 4. The van der Waals surface area contributed by atoms with E-state index in [1.54, 1.807) is 32.4 Å². The first-order chi connectivity index (χ1) is 9.56. The van der Waals surface area contributed by atoms with Crippen LogP contribution in [0.2, 0.25) is 5.02 Å². The molecule has 0 aliphatic heterocycles. The lowest BCUT2D eigenvalue weighted by Crippen LogP contribution is -2.02. The zero-order valence-corrected chi connectivity index (χ0v) is 12.4. The first kappa shape index (κ1) is 14.7. The van der Waals surface area contributed by atoms with Gasteiger partial charge in [-0.05, 0) is 36.2 Å². The van der Waals surface area contributed by atoms with E-state index in [-0.39, 0.29) is 0 Å². The predicted molar refractivity (Wildman–Crippen MR) is 79.8 cm³/mol. The molecule has 0 radical (unpaired) electrons. The van der Waals surface area contributed by atoms with Crippen molar-refractivity contribution in [3.63, 3.8) is 0 Å². The molecule has 2 aromatic rings. The Bertz CT molecular complexity index is 611. The van der Waals surface area contributed by atoms with Gasteiger partial charge in [-0.2, -0.15) is 0 Å². The summed E-state index contributed by atoms with van der Waals surface area (Å²) in [4.78, 5) is 0. The largest absolute Gasteiger partial charge is 0.493 e. The highest BCUT2D eigenvalue weighted by Crippen LogP contribution is 2.34. The molecule has 0 aliphatic carbocycles. The summed E-state index contributed by atoms with van der Waals surface area (Å²) in [5.74, 6) is 1.20. The van der Waals surface area contributed by atoms with Crippen LogP contribution in [0.5, 0.6) is 11.5 Å². The molecule has 20 heavy (non-hydrogen) atoms. The molecule has 0 saturated heterocycles. The second kappa shape index (κ2) is 6.16. The molecular formula is C16H17ClO3. The van der Waals surface area contributed by atoms with Crippen LogP contribution in [-0.2, 0) is 0 Å². The number of aryl methyl sites for hydroxylation is 1. The molecule has 1 atom stereocenters. The maximum atomic E-state index is 10.5. The molecule has 2 aromatic carbocycles. The van der Waals surface area contributed by atoms with Crippen LogP contribution < -0.4 is 9.47 Å². The molecule has 1 N–H and O–H groups in total. The average molecular weight is 293 g/mol. The molecule has 0 aromatic heterocycles. The van der Waals surface area contributed by atoms with Crippen molar-refractivity contribution in [2.24, 2.45) is 0 Å². The molecule has 0 spiro atoms. The third-order valence-corrected chi connectivity index (χ3v) is 3.50. The smallest absolute Gasteiger partial charge is 0.161 e. The molecule has 106 valence electrons. The molecule has 3 nitrogen and oxygen atoms in total. The summed E-state index contributed by atoms with van der Waals surface area (Å²) in [6.07, 6.45) is -0.803. The van der Waals surface area contributed by atoms with E-state index < -0.39 is 6.10 Å². The van der Waals surface area contributed by atoms with Crippen molar-refractivity contribution in [2.75, 3.05) is 14.2 Å². The van der Waals surface area contributed by atoms with E-state index in [0.29, 0.717) is 27.6 Å². The molecule has 0 aliphatic rings. The normalized spacial score (nSPS) is 12.1. The lowest BCUT2D eigenvalue weighted by molar-refractivity contribution is 0.219. The Morgan fingerprint density at radius 3 is 2.30 bits per heavy atom. The molecule has 0 saturated carbocycles. The van der Waals surface area contributed by atoms with Gasteiger partial charge in [-0.25, -0.2) is 0 Å². The predicted octanol–water partition coefficient (Wildman–Crippen LogP) is 3.75. The highest BCUT2D eigenvalue weighted by atomic mass is 35.5. The van der Waals surface area contributed by atoms with Crippen molar-refractivity contribution in [3.05, 3.63) is 58.1 Å². The molecule has 4 heteroatoms. The van der Waals surface area contributed by atoms with E-state index in [4.69, 9.17) is 21.1 Å². The maximum Gasteiger partial charge on any atom is 0.161 e. The van der Waals surface area contributed by atoms with Crippen LogP contribution in [0.4, 0.5) is 0 Å². The molecule has 1 unspecified atom stereocenters. The van der Waals surface area contributed by atoms with E-state index in [0.717, 1.165) is 5.56 Å². The van der Waals surface area contributed by atoms with Gasteiger partial charge >= 0.3 is 0 Å². The van der Waals surface area contributed by atoms with Gasteiger partial charge in [0.2, 0.25) is 0 Å². The van der Waals surface area contributed by atoms with Gasteiger partial charge in [0.1, 0.15) is 6.10 Å². The monoisotopic (exact) mass is 292 g/mol. The molecule has 0 bridgehead atoms. The van der Waals surface area contributed by atoms with E-state index in [1.165, 1.54) is 0 Å². The molecule has 2 rings (SSSR count). The molecule has 0 heterocycles. The van der Waals surface area contributed by atoms with Gasteiger partial charge in [0.15, 0.2) is 11.5 Å². The van der Waals surface area contributed by atoms with E-state index >= 15 is 0 Å². The first-order valence-electron chi connectivity index (χ1n) is 6.23. The van der Waals surface area contributed by atoms with Gasteiger partial charge in [-0.15, -0.1) is 0 Å². The zero-order valence-electron chi connectivity index (χ0n) is 11.7. The summed E-state index contributed by atoms with van der Waals surface area (Å²) in [6.45, 7) is 1.96. The number of aliphatic hydroxyl groups is 1. The Hall–Kier alpha value is -1.71. The van der Waals surface area contributed by atoms with Crippen LogP contribution in [0.3, 0.4) is 0 Å². The SMILES string of the molecule is COc1ccc(C(O)c2ccc(C)cc2Cl)cc1OC. The number of benzene rings is 2. The minimum absolute atomic E-state index is 0.548. The summed E-state index contributed by atoms with van der Waals surface area (Å²) in [6, 6.07) is 10.9. The zero-order chi connectivity index (χ0) is 14.7. The highest BCUT2D eigenvalue weighted by molar-refractivity contribution is 6.31. The minimum atomic E-state index is -0.803. The van der Waals surface area contributed by atoms with Crippen LogP contribution in [0.25, 0.3) is 0 Å². The van der Waals surface area contributed by atoms with Crippen LogP contribution in [0, 0.1) is 6.92 Å². The van der Waals surface area contributed by atoms with E-state index in [1.807, 2.05) is 25.1 Å². The Morgan fingerprint density at radius 2 is 1.70 bits per heavy atom. The number of methoxy groups -OCH3 is 2. The standard InChI is InChI=1S/C16H17ClO3/c1-10-4-6-12(13(17)8-10)16(18)11-5-7-14(19-2)15(9-11)20-3/h4-9,16,18H,1-3H3. The topological polar surface area (TPSA) is 38.7 Å². The van der Waals surface area contributed by atoms with Crippen LogP contribution in [0.15, 0.2) is 36.4 Å². The number of hydrogen-bond acceptors (Lipinski definition) is 3. The summed E-state index contributed by atoms with van der Waals surface area (Å²) in [5, 5.41) is 11.0. The maximum absolute atomic E-state index is 10.5. The van der Waals surface area contributed by atoms with E-state index in [9.17, 15) is 5.11 Å². The van der Waals surface area contributed by atoms with Crippen molar-refractivity contribution in [1.82, 2.24) is 0 Å². The number of hydrogen-bond donors (Lipinski definition) is 1. The highest BCUT2D eigenvalue weighted by Gasteiger charge is 2.16. The van der Waals surface area contributed by atoms with Crippen molar-refractivity contribution in [2.45, 2.75) is 13.0 Å². The summed E-state index contributed by atoms with van der Waals surface area (Å²) >= 11 is 6.19. The molecular weight excluding hydrogens is 276 g/mol. The Kier molecular flexibility index (Phi) is 4.53. The summed E-state index contributed by atoms with van der Waals surface area (Å²) in [5.41, 5.74) is 2.43. The Labute approximate surface area is 123 Å². The fourth-order valence-electron chi connectivity index (χ4n) is 2.06. The van der Waals surface area contributed by atoms with Gasteiger partial charge in [0.05, 0.1) is 14.2 Å². The van der Waals surface area contributed by atoms with Gasteiger partial charge in [0, 0.05) is 10.6 Å². The first-order valence-corrected chi connectivity index (χ1v) is 6.60. The van der Waals surface area contributed by atoms with Crippen molar-refractivity contribution in [3.8, 4) is 11.5 Å². The second-order valence-corrected chi connectivity index (χ2v) is 4.95. The minimum Gasteiger partial charge on any atom is -0.493 e. The average Bonchev–Trinajstić information content (AvgIpc) is 2.45. The van der Waals surface area contributed by atoms with Crippen molar-refractivity contribution < 1.29 is 14.6 Å². The van der Waals surface area contributed by atoms with Gasteiger partial charge in [-0.1, -0.05) is 29.8 Å². The van der Waals surface area contributed by atoms with Gasteiger partial charge in [-0.3, -0.25) is 0 Å². The van der Waals surface area contributed by atoms with Crippen LogP contribution in [-0.4, -0.2) is 19.3 Å². The Balaban J connectivity index is 2.40. The third-order valence-electron chi connectivity index (χ3n) is 3.17. The van der Waals surface area contributed by atoms with Gasteiger partial charge < -0.3 is 14.6 Å². The summed E-state index contributed by atoms with van der Waals surface area (Å²) < 4.78 is 10.4. The fourth-order valence-corrected chi connectivity index (χ4v) is 2.39. The van der Waals surface area contributed by atoms with E-state index in [2.05, 4.69) is 0 Å². The molecule has 0 fully saturated rings. The van der Waals surface area contributed by atoms with Crippen molar-refractivity contribution >= 4 is 11.6 Å². The number of aliphatic hydroxyl groups excluding tert-OH is 1. The van der Waals surface area contributed by atoms with Crippen molar-refractivity contribution in [1.29, 1.82) is 0 Å². The van der Waals surface area contributed by atoms with Gasteiger partial charge in [0.25, 0.3) is 0 Å². The third kappa shape index (κ3) is 2.89. The lowest BCUT2D eigenvalue weighted by Gasteiger charge is -2.16. The Morgan fingerprint density at radius 1 is 1.00 bits per heavy atom. The second-order valence-electron chi connectivity index (χ2n) is 4.54. The summed E-state index contributed by atoms with van der Waals surface area (Å²) in [7, 11) is 3.14. The lowest BCUT2D eigenvalue weighted by atomic mass is 10.00. The molecule has 0 amide bonds. The van der Waals surface area contributed by atoms with Crippen LogP contribution in [0.1, 0.15) is 22.8 Å². The number of ether oxygens (including phenoxy) is 2. The quantitative estimate of drug-likeness (QED) is 0.933. The number of halogens is 1. The fraction of sp³-hybridized carbons (Fsp3) is 0.250. The van der Waals surface area contributed by atoms with Crippen LogP contribution >= 0.6 is 11.6 Å².